The molecule has 0 aliphatic rings. The maximum Gasteiger partial charge on any atom is 2.00 e. The Balaban J connectivity index is 0. The average molecular weight is 100 g/mol. The van der Waals surface area contributed by atoms with E-state index in [0.29, 0.717) is 0 Å². The first kappa shape index (κ1) is 9.11. The molecular formula is CH2CaNO2+. The molecule has 0 aromatic carbocycles. The molecule has 0 spiro atoms. The van der Waals surface area contributed by atoms with Crippen molar-refractivity contribution in [3.8, 4) is 0 Å². The minimum atomic E-state index is -1.58. The zero-order chi connectivity index (χ0) is 3.58. The number of carbonyl (C=O) groups is 1. The second kappa shape index (κ2) is 4.53. The smallest absolute Gasteiger partial charge is 0.530 e. The van der Waals surface area contributed by atoms with Gasteiger partial charge >= 0.3 is 37.7 Å². The largest absolute Gasteiger partial charge is 2.00 e. The predicted molar refractivity (Wildman–Crippen MR) is 15.3 cm³/mol. The van der Waals surface area contributed by atoms with E-state index in [9.17, 15) is 0 Å². The van der Waals surface area contributed by atoms with Crippen molar-refractivity contribution in [3.63, 3.8) is 0 Å². The van der Waals surface area contributed by atoms with Gasteiger partial charge in [-0.15, -0.1) is 0 Å². The number of amides is 1. The Hall–Kier alpha value is 0.530. The number of carbonyl (C=O) groups excluding carboxylic acids is 1. The molecule has 1 amide bonds. The molecule has 0 aromatic rings. The first-order chi connectivity index (χ1) is 1.73. The van der Waals surface area contributed by atoms with Gasteiger partial charge in [0, 0.05) is 0 Å². The molecule has 3 nitrogen and oxygen atoms in total. The van der Waals surface area contributed by atoms with Crippen LogP contribution in [0.5, 0.6) is 0 Å². The van der Waals surface area contributed by atoms with Crippen LogP contribution in [0.15, 0.2) is 0 Å². The van der Waals surface area contributed by atoms with Gasteiger partial charge in [0.15, 0.2) is 0 Å². The molecule has 0 unspecified atom stereocenters. The average Bonchev–Trinajstić information content (AvgIpc) is 0.811. The maximum absolute atomic E-state index is 8.67. The van der Waals surface area contributed by atoms with Crippen LogP contribution < -0.4 is 10.8 Å². The Morgan fingerprint density at radius 1 is 1.80 bits per heavy atom. The summed E-state index contributed by atoms with van der Waals surface area (Å²) in [5.74, 6) is 0. The Morgan fingerprint density at radius 2 is 1.80 bits per heavy atom. The van der Waals surface area contributed by atoms with E-state index in [2.05, 4.69) is 5.73 Å². The summed E-state index contributed by atoms with van der Waals surface area (Å²) in [7, 11) is 0. The Labute approximate surface area is 59.2 Å². The van der Waals surface area contributed by atoms with Crippen LogP contribution in [-0.4, -0.2) is 43.8 Å². The van der Waals surface area contributed by atoms with Crippen molar-refractivity contribution in [1.82, 2.24) is 0 Å². The van der Waals surface area contributed by atoms with Crippen LogP contribution >= 0.6 is 0 Å². The van der Waals surface area contributed by atoms with Crippen LogP contribution in [0.25, 0.3) is 0 Å². The van der Waals surface area contributed by atoms with E-state index in [1.165, 1.54) is 0 Å². The fourth-order valence-electron chi connectivity index (χ4n) is 0. The summed E-state index contributed by atoms with van der Waals surface area (Å²) in [5.41, 5.74) is 3.92. The Kier molecular flexibility index (Phi) is 8.25. The third kappa shape index (κ3) is 103. The number of nitrogens with two attached hydrogens (primary N) is 1. The summed E-state index contributed by atoms with van der Waals surface area (Å²) < 4.78 is 0. The summed E-state index contributed by atoms with van der Waals surface area (Å²) in [4.78, 5) is 8.67. The first-order valence-corrected chi connectivity index (χ1v) is 0.697. The fourth-order valence-corrected chi connectivity index (χ4v) is 0. The Bertz CT molecular complexity index is 32.6. The summed E-state index contributed by atoms with van der Waals surface area (Å²) in [5, 5.41) is 8.67. The van der Waals surface area contributed by atoms with Gasteiger partial charge in [-0.2, -0.15) is 0 Å². The second-order valence-corrected chi connectivity index (χ2v) is 0.319. The molecule has 5 heavy (non-hydrogen) atoms. The maximum atomic E-state index is 8.67. The van der Waals surface area contributed by atoms with Crippen molar-refractivity contribution < 1.29 is 9.90 Å². The topological polar surface area (TPSA) is 66.2 Å². The molecule has 0 saturated heterocycles. The minimum absolute atomic E-state index is 0. The van der Waals surface area contributed by atoms with Crippen molar-refractivity contribution >= 4 is 43.8 Å². The van der Waals surface area contributed by atoms with Crippen molar-refractivity contribution in [3.05, 3.63) is 0 Å². The van der Waals surface area contributed by atoms with Gasteiger partial charge in [-0.3, -0.25) is 0 Å². The Morgan fingerprint density at radius 3 is 1.80 bits per heavy atom. The molecule has 2 N–H and O–H groups in total. The van der Waals surface area contributed by atoms with Gasteiger partial charge in [0.05, 0.1) is 0 Å². The second-order valence-electron chi connectivity index (χ2n) is 0.319. The minimum Gasteiger partial charge on any atom is -0.530 e. The van der Waals surface area contributed by atoms with E-state index in [1.807, 2.05) is 0 Å². The molecule has 0 bridgehead atoms. The normalized spacial score (nSPS) is 4.80. The van der Waals surface area contributed by atoms with Gasteiger partial charge in [-0.25, -0.2) is 0 Å². The van der Waals surface area contributed by atoms with Gasteiger partial charge < -0.3 is 15.6 Å². The summed E-state index contributed by atoms with van der Waals surface area (Å²) in [6, 6.07) is 0. The number of rotatable bonds is 0. The van der Waals surface area contributed by atoms with Gasteiger partial charge in [0.1, 0.15) is 6.09 Å². The molecule has 0 aromatic heterocycles. The standard InChI is InChI=1S/CH3NO2.Ca/c2-1(3)4;/h2H2,(H,3,4);/q;+2/p-1. The summed E-state index contributed by atoms with van der Waals surface area (Å²) in [6.07, 6.45) is -1.58. The number of primary amides is 1. The summed E-state index contributed by atoms with van der Waals surface area (Å²) >= 11 is 0. The van der Waals surface area contributed by atoms with Crippen LogP contribution in [0.4, 0.5) is 4.79 Å². The van der Waals surface area contributed by atoms with Crippen LogP contribution in [0.2, 0.25) is 0 Å². The summed E-state index contributed by atoms with van der Waals surface area (Å²) in [6.45, 7) is 0. The molecule has 0 saturated carbocycles. The molecule has 0 fully saturated rings. The van der Waals surface area contributed by atoms with Gasteiger partial charge in [-0.05, 0) is 0 Å². The van der Waals surface area contributed by atoms with Crippen LogP contribution in [0.1, 0.15) is 0 Å². The molecule has 4 heteroatoms. The van der Waals surface area contributed by atoms with Crippen LogP contribution in [0, 0.1) is 0 Å². The molecule has 0 heterocycles. The molecule has 0 aliphatic heterocycles. The van der Waals surface area contributed by atoms with E-state index in [-0.39, 0.29) is 37.7 Å². The van der Waals surface area contributed by atoms with Crippen molar-refractivity contribution in [2.45, 2.75) is 0 Å². The van der Waals surface area contributed by atoms with E-state index in [4.69, 9.17) is 9.90 Å². The fraction of sp³-hybridized carbons (Fsp3) is 0. The monoisotopic (exact) mass is 100.0 g/mol. The van der Waals surface area contributed by atoms with E-state index in [0.717, 1.165) is 0 Å². The van der Waals surface area contributed by atoms with Gasteiger partial charge in [-0.1, -0.05) is 0 Å². The molecular weight excluding hydrogens is 98.1 g/mol. The van der Waals surface area contributed by atoms with E-state index < -0.39 is 6.09 Å². The van der Waals surface area contributed by atoms with E-state index in [1.54, 1.807) is 0 Å². The molecule has 0 radical (unpaired) electrons. The SMILES string of the molecule is NC(=O)[O-].[Ca+2]. The van der Waals surface area contributed by atoms with Crippen LogP contribution in [-0.2, 0) is 0 Å². The molecule has 0 atom stereocenters. The third-order valence-corrected chi connectivity index (χ3v) is 0. The van der Waals surface area contributed by atoms with Crippen molar-refractivity contribution in [2.24, 2.45) is 5.73 Å². The molecule has 0 aliphatic carbocycles. The van der Waals surface area contributed by atoms with Gasteiger partial charge in [0.2, 0.25) is 0 Å². The number of hydrogen-bond acceptors (Lipinski definition) is 2. The van der Waals surface area contributed by atoms with Crippen LogP contribution in [0.3, 0.4) is 0 Å². The molecule has 24 valence electrons. The molecule has 0 rings (SSSR count). The van der Waals surface area contributed by atoms with Crippen molar-refractivity contribution in [2.75, 3.05) is 0 Å². The zero-order valence-electron chi connectivity index (χ0n) is 2.60. The quantitative estimate of drug-likeness (QED) is 0.354. The van der Waals surface area contributed by atoms with Gasteiger partial charge in [0.25, 0.3) is 0 Å². The zero-order valence-corrected chi connectivity index (χ0v) is 4.81. The van der Waals surface area contributed by atoms with E-state index >= 15 is 0 Å². The number of carboxylic acid groups (broad SMARTS) is 1. The number of hydrogen-bond donors (Lipinski definition) is 1. The predicted octanol–water partition coefficient (Wildman–Crippen LogP) is -2.09. The first-order valence-electron chi connectivity index (χ1n) is 0.697. The third-order valence-electron chi connectivity index (χ3n) is 0. The van der Waals surface area contributed by atoms with Crippen molar-refractivity contribution in [1.29, 1.82) is 0 Å².